The van der Waals surface area contributed by atoms with Crippen molar-refractivity contribution >= 4 is 23.6 Å². The molecule has 8 heteroatoms. The summed E-state index contributed by atoms with van der Waals surface area (Å²) >= 11 is 0. The molecule has 184 valence electrons. The lowest BCUT2D eigenvalue weighted by Crippen LogP contribution is -2.52. The number of benzene rings is 2. The number of carbonyl (C=O) groups excluding carboxylic acids is 2. The molecule has 0 radical (unpaired) electrons. The van der Waals surface area contributed by atoms with Gasteiger partial charge < -0.3 is 9.80 Å². The van der Waals surface area contributed by atoms with Gasteiger partial charge in [0.25, 0.3) is 5.69 Å². The maximum Gasteiger partial charge on any atom is 0.276 e. The number of piperidine rings is 1. The van der Waals surface area contributed by atoms with E-state index >= 15 is 0 Å². The van der Waals surface area contributed by atoms with Crippen molar-refractivity contribution in [3.05, 3.63) is 81.4 Å². The van der Waals surface area contributed by atoms with Crippen molar-refractivity contribution in [2.75, 3.05) is 39.3 Å². The number of nitro groups is 1. The second kappa shape index (κ2) is 11.3. The maximum atomic E-state index is 13.2. The van der Waals surface area contributed by atoms with Gasteiger partial charge in [-0.25, -0.2) is 0 Å². The SMILES string of the molecule is Cc1ccccc1CN1CCN(C(=O)C2CCCN(C(=O)/C=C/c3ccccc3[N+](=O)[O-])C2)CC1. The van der Waals surface area contributed by atoms with Gasteiger partial charge in [-0.05, 0) is 43.0 Å². The van der Waals surface area contributed by atoms with Crippen LogP contribution in [0, 0.1) is 23.0 Å². The normalized spacial score (nSPS) is 19.2. The summed E-state index contributed by atoms with van der Waals surface area (Å²) in [6.45, 7) is 7.09. The lowest BCUT2D eigenvalue weighted by molar-refractivity contribution is -0.385. The van der Waals surface area contributed by atoms with E-state index in [4.69, 9.17) is 0 Å². The van der Waals surface area contributed by atoms with Gasteiger partial charge in [0, 0.05) is 58.0 Å². The highest BCUT2D eigenvalue weighted by Gasteiger charge is 2.32. The molecule has 0 bridgehead atoms. The van der Waals surface area contributed by atoms with Gasteiger partial charge in [0.1, 0.15) is 0 Å². The third-order valence-electron chi connectivity index (χ3n) is 6.96. The molecule has 1 unspecified atom stereocenters. The van der Waals surface area contributed by atoms with E-state index in [0.29, 0.717) is 31.7 Å². The Morgan fingerprint density at radius 1 is 1.00 bits per heavy atom. The number of rotatable bonds is 6. The summed E-state index contributed by atoms with van der Waals surface area (Å²) in [6, 6.07) is 14.7. The minimum Gasteiger partial charge on any atom is -0.340 e. The van der Waals surface area contributed by atoms with E-state index in [0.717, 1.165) is 32.5 Å². The van der Waals surface area contributed by atoms with E-state index in [1.54, 1.807) is 23.1 Å². The zero-order valence-electron chi connectivity index (χ0n) is 20.1. The molecule has 0 N–H and O–H groups in total. The number of hydrogen-bond acceptors (Lipinski definition) is 5. The second-order valence-electron chi connectivity index (χ2n) is 9.30. The number of piperazine rings is 1. The highest BCUT2D eigenvalue weighted by Crippen LogP contribution is 2.22. The Hall–Kier alpha value is -3.52. The van der Waals surface area contributed by atoms with Gasteiger partial charge in [0.15, 0.2) is 0 Å². The summed E-state index contributed by atoms with van der Waals surface area (Å²) in [6.07, 6.45) is 4.41. The summed E-state index contributed by atoms with van der Waals surface area (Å²) in [7, 11) is 0. The zero-order valence-corrected chi connectivity index (χ0v) is 20.1. The molecular formula is C27H32N4O4. The van der Waals surface area contributed by atoms with Crippen LogP contribution in [0.3, 0.4) is 0 Å². The first-order valence-electron chi connectivity index (χ1n) is 12.2. The fourth-order valence-electron chi connectivity index (χ4n) is 4.85. The van der Waals surface area contributed by atoms with Crippen molar-refractivity contribution < 1.29 is 14.5 Å². The quantitative estimate of drug-likeness (QED) is 0.362. The van der Waals surface area contributed by atoms with E-state index in [-0.39, 0.29) is 23.4 Å². The Balaban J connectivity index is 1.30. The first-order chi connectivity index (χ1) is 16.9. The molecule has 0 spiro atoms. The van der Waals surface area contributed by atoms with Crippen LogP contribution < -0.4 is 0 Å². The van der Waals surface area contributed by atoms with E-state index in [1.165, 1.54) is 29.3 Å². The van der Waals surface area contributed by atoms with E-state index in [1.807, 2.05) is 4.90 Å². The van der Waals surface area contributed by atoms with Crippen LogP contribution in [-0.2, 0) is 16.1 Å². The number of amides is 2. The molecule has 4 rings (SSSR count). The molecule has 0 aliphatic carbocycles. The van der Waals surface area contributed by atoms with Gasteiger partial charge >= 0.3 is 0 Å². The van der Waals surface area contributed by atoms with Crippen molar-refractivity contribution in [2.24, 2.45) is 5.92 Å². The standard InChI is InChI=1S/C27H32N4O4/c1-21-7-2-3-9-23(21)19-28-15-17-29(18-16-28)27(33)24-10-6-14-30(20-24)26(32)13-12-22-8-4-5-11-25(22)31(34)35/h2-5,7-9,11-13,24H,6,10,14-20H2,1H3/b13-12+. The Morgan fingerprint density at radius 2 is 1.71 bits per heavy atom. The van der Waals surface area contributed by atoms with E-state index in [9.17, 15) is 19.7 Å². The summed E-state index contributed by atoms with van der Waals surface area (Å²) < 4.78 is 0. The monoisotopic (exact) mass is 476 g/mol. The third-order valence-corrected chi connectivity index (χ3v) is 6.96. The first kappa shape index (κ1) is 24.6. The predicted molar refractivity (Wildman–Crippen MR) is 134 cm³/mol. The number of para-hydroxylation sites is 1. The van der Waals surface area contributed by atoms with Crippen molar-refractivity contribution in [1.82, 2.24) is 14.7 Å². The molecule has 2 heterocycles. The number of likely N-dealkylation sites (tertiary alicyclic amines) is 1. The molecule has 2 aromatic rings. The highest BCUT2D eigenvalue weighted by atomic mass is 16.6. The molecule has 0 saturated carbocycles. The average molecular weight is 477 g/mol. The van der Waals surface area contributed by atoms with Gasteiger partial charge in [-0.15, -0.1) is 0 Å². The molecule has 2 saturated heterocycles. The molecular weight excluding hydrogens is 444 g/mol. The Kier molecular flexibility index (Phi) is 7.92. The lowest BCUT2D eigenvalue weighted by atomic mass is 9.96. The van der Waals surface area contributed by atoms with Gasteiger partial charge in [0.05, 0.1) is 16.4 Å². The molecule has 2 amide bonds. The topological polar surface area (TPSA) is 87.0 Å². The van der Waals surface area contributed by atoms with Crippen molar-refractivity contribution in [2.45, 2.75) is 26.3 Å². The number of hydrogen-bond donors (Lipinski definition) is 0. The minimum absolute atomic E-state index is 0.0372. The fourth-order valence-corrected chi connectivity index (χ4v) is 4.85. The number of nitro benzene ring substituents is 1. The van der Waals surface area contributed by atoms with Crippen LogP contribution in [0.4, 0.5) is 5.69 Å². The highest BCUT2D eigenvalue weighted by molar-refractivity contribution is 5.93. The van der Waals surface area contributed by atoms with Gasteiger partial charge in [-0.1, -0.05) is 36.4 Å². The summed E-state index contributed by atoms with van der Waals surface area (Å²) in [5, 5.41) is 11.2. The van der Waals surface area contributed by atoms with Crippen LogP contribution in [0.1, 0.15) is 29.5 Å². The second-order valence-corrected chi connectivity index (χ2v) is 9.30. The molecule has 2 fully saturated rings. The Morgan fingerprint density at radius 3 is 2.46 bits per heavy atom. The first-order valence-corrected chi connectivity index (χ1v) is 12.2. The molecule has 2 aliphatic heterocycles. The number of aryl methyl sites for hydroxylation is 1. The smallest absolute Gasteiger partial charge is 0.276 e. The van der Waals surface area contributed by atoms with Crippen LogP contribution in [0.15, 0.2) is 54.6 Å². The average Bonchev–Trinajstić information content (AvgIpc) is 2.89. The third kappa shape index (κ3) is 6.14. The summed E-state index contributed by atoms with van der Waals surface area (Å²) in [5.74, 6) is -0.292. The maximum absolute atomic E-state index is 13.2. The minimum atomic E-state index is -0.458. The van der Waals surface area contributed by atoms with Crippen LogP contribution in [0.2, 0.25) is 0 Å². The summed E-state index contributed by atoms with van der Waals surface area (Å²) in [5.41, 5.74) is 2.96. The molecule has 1 atom stereocenters. The largest absolute Gasteiger partial charge is 0.340 e. The van der Waals surface area contributed by atoms with Gasteiger partial charge in [-0.2, -0.15) is 0 Å². The van der Waals surface area contributed by atoms with Gasteiger partial charge in [-0.3, -0.25) is 24.6 Å². The van der Waals surface area contributed by atoms with Crippen LogP contribution in [0.25, 0.3) is 6.08 Å². The lowest BCUT2D eigenvalue weighted by Gasteiger charge is -2.39. The van der Waals surface area contributed by atoms with Crippen molar-refractivity contribution in [3.8, 4) is 0 Å². The van der Waals surface area contributed by atoms with E-state index in [2.05, 4.69) is 36.1 Å². The molecule has 0 aromatic heterocycles. The summed E-state index contributed by atoms with van der Waals surface area (Å²) in [4.78, 5) is 42.7. The molecule has 35 heavy (non-hydrogen) atoms. The van der Waals surface area contributed by atoms with E-state index < -0.39 is 4.92 Å². The van der Waals surface area contributed by atoms with Crippen molar-refractivity contribution in [3.63, 3.8) is 0 Å². The number of carbonyl (C=O) groups is 2. The molecule has 2 aliphatic rings. The molecule has 8 nitrogen and oxygen atoms in total. The molecule has 2 aromatic carbocycles. The van der Waals surface area contributed by atoms with Crippen molar-refractivity contribution in [1.29, 1.82) is 0 Å². The van der Waals surface area contributed by atoms with Crippen LogP contribution >= 0.6 is 0 Å². The van der Waals surface area contributed by atoms with Gasteiger partial charge in [0.2, 0.25) is 11.8 Å². The fraction of sp³-hybridized carbons (Fsp3) is 0.407. The Labute approximate surface area is 206 Å². The predicted octanol–water partition coefficient (Wildman–Crippen LogP) is 3.50. The number of nitrogens with zero attached hydrogens (tertiary/aromatic N) is 4. The van der Waals surface area contributed by atoms with Crippen LogP contribution in [-0.4, -0.2) is 70.7 Å². The van der Waals surface area contributed by atoms with Crippen LogP contribution in [0.5, 0.6) is 0 Å². The Bertz CT molecular complexity index is 1110. The zero-order chi connectivity index (χ0) is 24.8.